The summed E-state index contributed by atoms with van der Waals surface area (Å²) >= 11 is 0. The summed E-state index contributed by atoms with van der Waals surface area (Å²) in [6, 6.07) is 5.96. The highest BCUT2D eigenvalue weighted by molar-refractivity contribution is 5.56. The summed E-state index contributed by atoms with van der Waals surface area (Å²) in [4.78, 5) is 1.83. The van der Waals surface area contributed by atoms with E-state index in [0.29, 0.717) is 0 Å². The Balaban J connectivity index is 2.72. The zero-order valence-electron chi connectivity index (χ0n) is 7.93. The third kappa shape index (κ3) is 1.46. The fourth-order valence-corrected chi connectivity index (χ4v) is 1.42. The molecule has 0 saturated carbocycles. The number of pyridine rings is 1. The molecule has 0 radical (unpaired) electrons. The molecular weight excluding hydrogens is 172 g/mol. The van der Waals surface area contributed by atoms with Gasteiger partial charge in [-0.2, -0.15) is 4.24 Å². The Bertz CT molecular complexity index is 497. The van der Waals surface area contributed by atoms with Gasteiger partial charge in [-0.1, -0.05) is 6.08 Å². The Morgan fingerprint density at radius 3 is 2.86 bits per heavy atom. The Hall–Kier alpha value is -1.83. The van der Waals surface area contributed by atoms with Gasteiger partial charge in [-0.05, 0) is 24.4 Å². The van der Waals surface area contributed by atoms with Gasteiger partial charge in [-0.25, -0.2) is 0 Å². The van der Waals surface area contributed by atoms with Gasteiger partial charge < -0.3 is 4.90 Å². The molecule has 0 amide bonds. The lowest BCUT2D eigenvalue weighted by Gasteiger charge is -2.24. The molecule has 2 heterocycles. The van der Waals surface area contributed by atoms with Crippen LogP contribution in [0, 0.1) is 13.8 Å². The maximum absolute atomic E-state index is 3.91. The van der Waals surface area contributed by atoms with E-state index in [-0.39, 0.29) is 0 Å². The fourth-order valence-electron chi connectivity index (χ4n) is 1.42. The maximum atomic E-state index is 3.91. The second-order valence-corrected chi connectivity index (χ2v) is 3.11. The van der Waals surface area contributed by atoms with Crippen molar-refractivity contribution in [3.05, 3.63) is 67.9 Å². The first-order chi connectivity index (χ1) is 6.79. The largest absolute Gasteiger partial charge is 0.498 e. The van der Waals surface area contributed by atoms with Crippen molar-refractivity contribution in [1.82, 2.24) is 4.90 Å². The first kappa shape index (κ1) is 8.75. The zero-order chi connectivity index (χ0) is 9.97. The minimum absolute atomic E-state index is 1.04. The van der Waals surface area contributed by atoms with Crippen LogP contribution in [0.2, 0.25) is 0 Å². The lowest BCUT2D eigenvalue weighted by molar-refractivity contribution is -0.514. The van der Waals surface area contributed by atoms with Gasteiger partial charge in [0.1, 0.15) is 6.72 Å². The van der Waals surface area contributed by atoms with Crippen LogP contribution in [-0.4, -0.2) is 4.90 Å². The highest BCUT2D eigenvalue weighted by Crippen LogP contribution is 2.08. The molecular formula is C12H12N2. The summed E-state index contributed by atoms with van der Waals surface area (Å²) < 4.78 is 1.83. The van der Waals surface area contributed by atoms with Crippen molar-refractivity contribution >= 4 is 5.70 Å². The van der Waals surface area contributed by atoms with E-state index in [9.17, 15) is 0 Å². The van der Waals surface area contributed by atoms with Crippen molar-refractivity contribution < 1.29 is 4.24 Å². The molecule has 0 aromatic carbocycles. The maximum Gasteiger partial charge on any atom is 0.231 e. The summed E-state index contributed by atoms with van der Waals surface area (Å²) in [6.45, 7) is 3.91. The van der Waals surface area contributed by atoms with Gasteiger partial charge in [0.15, 0.2) is 6.20 Å². The average molecular weight is 184 g/mol. The smallest absolute Gasteiger partial charge is 0.231 e. The summed E-state index contributed by atoms with van der Waals surface area (Å²) in [5.41, 5.74) is 1.04. The molecule has 2 heteroatoms. The van der Waals surface area contributed by atoms with E-state index < -0.39 is 0 Å². The standard InChI is InChI=1S/C12H12N2/c1-13-9-5-3-7-11(13)12-8-4-6-10-14(12)2/h3-10H,1-2H2. The summed E-state index contributed by atoms with van der Waals surface area (Å²) in [7, 11) is 3.91. The average Bonchev–Trinajstić information content (AvgIpc) is 2.20. The molecule has 0 atom stereocenters. The van der Waals surface area contributed by atoms with Gasteiger partial charge >= 0.3 is 0 Å². The van der Waals surface area contributed by atoms with Crippen LogP contribution < -0.4 is 9.59 Å². The van der Waals surface area contributed by atoms with E-state index in [1.165, 1.54) is 0 Å². The monoisotopic (exact) mass is 184 g/mol. The second kappa shape index (κ2) is 3.50. The molecule has 1 aliphatic heterocycles. The molecule has 1 aromatic rings. The summed E-state index contributed by atoms with van der Waals surface area (Å²) in [5.74, 6) is 0. The van der Waals surface area contributed by atoms with Crippen molar-refractivity contribution in [1.29, 1.82) is 0 Å². The van der Waals surface area contributed by atoms with Crippen molar-refractivity contribution in [2.75, 3.05) is 0 Å². The van der Waals surface area contributed by atoms with Crippen molar-refractivity contribution in [3.63, 3.8) is 0 Å². The van der Waals surface area contributed by atoms with Crippen LogP contribution in [0.3, 0.4) is 0 Å². The quantitative estimate of drug-likeness (QED) is 0.430. The Morgan fingerprint density at radius 1 is 1.29 bits per heavy atom. The first-order valence-corrected chi connectivity index (χ1v) is 4.42. The molecule has 0 bridgehead atoms. The Kier molecular flexibility index (Phi) is 2.19. The second-order valence-electron chi connectivity index (χ2n) is 3.11. The number of rotatable bonds is 0. The van der Waals surface area contributed by atoms with Gasteiger partial charge in [-0.15, -0.1) is 0 Å². The number of hydrogen-bond donors (Lipinski definition) is 0. The lowest BCUT2D eigenvalue weighted by atomic mass is 10.2. The third-order valence-corrected chi connectivity index (χ3v) is 2.14. The first-order valence-electron chi connectivity index (χ1n) is 4.42. The molecule has 0 N–H and O–H groups in total. The summed E-state index contributed by atoms with van der Waals surface area (Å²) in [6.07, 6.45) is 9.80. The van der Waals surface area contributed by atoms with Crippen LogP contribution in [0.4, 0.5) is 0 Å². The molecule has 0 aliphatic carbocycles. The van der Waals surface area contributed by atoms with Gasteiger partial charge in [0.25, 0.3) is 0 Å². The molecule has 70 valence electrons. The van der Waals surface area contributed by atoms with Crippen LogP contribution in [0.15, 0.2) is 48.8 Å². The van der Waals surface area contributed by atoms with E-state index in [0.717, 1.165) is 11.0 Å². The van der Waals surface area contributed by atoms with Gasteiger partial charge in [0.2, 0.25) is 5.35 Å². The van der Waals surface area contributed by atoms with Crippen molar-refractivity contribution in [2.45, 2.75) is 0 Å². The van der Waals surface area contributed by atoms with Crippen molar-refractivity contribution in [3.8, 4) is 0 Å². The minimum Gasteiger partial charge on any atom is -0.498 e. The van der Waals surface area contributed by atoms with E-state index in [1.807, 2.05) is 58.0 Å². The minimum atomic E-state index is 1.04. The number of nitrogens with zero attached hydrogens (tertiary/aromatic N) is 2. The number of aromatic nitrogens is 1. The molecule has 2 nitrogen and oxygen atoms in total. The van der Waals surface area contributed by atoms with E-state index in [1.54, 1.807) is 0 Å². The van der Waals surface area contributed by atoms with Crippen LogP contribution in [-0.2, 0) is 0 Å². The SMILES string of the molecule is C=[n+]1ccccc1=C1C=CC=CN1[CH2-]. The number of hydrogen-bond acceptors (Lipinski definition) is 1. The lowest BCUT2D eigenvalue weighted by Crippen LogP contribution is -2.38. The molecule has 14 heavy (non-hydrogen) atoms. The summed E-state index contributed by atoms with van der Waals surface area (Å²) in [5, 5.41) is 1.04. The molecule has 0 spiro atoms. The molecule has 1 aromatic heterocycles. The van der Waals surface area contributed by atoms with Crippen molar-refractivity contribution in [2.24, 2.45) is 0 Å². The van der Waals surface area contributed by atoms with Crippen LogP contribution >= 0.6 is 0 Å². The predicted octanol–water partition coefficient (Wildman–Crippen LogP) is 0.899. The number of allylic oxidation sites excluding steroid dienone is 2. The molecule has 0 fully saturated rings. The molecule has 0 saturated heterocycles. The normalized spacial score (nSPS) is 18.8. The van der Waals surface area contributed by atoms with Gasteiger partial charge in [0, 0.05) is 12.1 Å². The molecule has 0 unspecified atom stereocenters. The molecule has 2 rings (SSSR count). The van der Waals surface area contributed by atoms with Crippen LogP contribution in [0.25, 0.3) is 5.70 Å². The van der Waals surface area contributed by atoms with E-state index in [4.69, 9.17) is 0 Å². The fraction of sp³-hybridized carbons (Fsp3) is 0. The van der Waals surface area contributed by atoms with Gasteiger partial charge in [0.05, 0.1) is 5.70 Å². The Morgan fingerprint density at radius 2 is 2.14 bits per heavy atom. The highest BCUT2D eigenvalue weighted by atomic mass is 15.1. The topological polar surface area (TPSA) is 9.14 Å². The van der Waals surface area contributed by atoms with Crippen LogP contribution in [0.5, 0.6) is 0 Å². The molecule has 1 aliphatic rings. The third-order valence-electron chi connectivity index (χ3n) is 2.14. The van der Waals surface area contributed by atoms with Gasteiger partial charge in [-0.3, -0.25) is 7.05 Å². The van der Waals surface area contributed by atoms with E-state index in [2.05, 4.69) is 13.8 Å². The Labute approximate surface area is 83.4 Å². The zero-order valence-corrected chi connectivity index (χ0v) is 7.93. The van der Waals surface area contributed by atoms with E-state index >= 15 is 0 Å². The highest BCUT2D eigenvalue weighted by Gasteiger charge is 2.02. The predicted molar refractivity (Wildman–Crippen MR) is 55.9 cm³/mol. The van der Waals surface area contributed by atoms with Crippen LogP contribution in [0.1, 0.15) is 0 Å².